The molecule has 1 aromatic heterocycles. The van der Waals surface area contributed by atoms with Crippen molar-refractivity contribution in [3.8, 4) is 0 Å². The highest BCUT2D eigenvalue weighted by molar-refractivity contribution is 6.28. The standard InChI is InChI=1S/C22H24N4O4/c1-2-25-16-11-13(12-7-9-23-10-8-12)3-4-14(16)18-19(25)22(30)26(21(18)29)15-5-6-17(27)24-20(15)28/h3-4,11-12,15,23H,2,5-10H2,1H3,(H,24,27,28). The molecule has 30 heavy (non-hydrogen) atoms. The minimum absolute atomic E-state index is 0.117. The molecule has 0 spiro atoms. The van der Waals surface area contributed by atoms with E-state index >= 15 is 0 Å². The van der Waals surface area contributed by atoms with Crippen LogP contribution in [-0.4, -0.2) is 52.2 Å². The minimum atomic E-state index is -0.940. The summed E-state index contributed by atoms with van der Waals surface area (Å²) in [7, 11) is 0. The predicted molar refractivity (Wildman–Crippen MR) is 109 cm³/mol. The van der Waals surface area contributed by atoms with Gasteiger partial charge in [0.15, 0.2) is 0 Å². The first kappa shape index (κ1) is 19.0. The quantitative estimate of drug-likeness (QED) is 0.751. The number of benzene rings is 1. The van der Waals surface area contributed by atoms with Gasteiger partial charge in [-0.3, -0.25) is 29.4 Å². The van der Waals surface area contributed by atoms with Crippen molar-refractivity contribution >= 4 is 34.5 Å². The Bertz CT molecular complexity index is 1100. The Kier molecular flexibility index (Phi) is 4.47. The average Bonchev–Trinajstić information content (AvgIpc) is 3.21. The van der Waals surface area contributed by atoms with Crippen LogP contribution in [0.25, 0.3) is 10.9 Å². The summed E-state index contributed by atoms with van der Waals surface area (Å²) < 4.78 is 1.89. The number of hydrogen-bond acceptors (Lipinski definition) is 5. The number of aromatic nitrogens is 1. The first-order chi connectivity index (χ1) is 14.5. The Morgan fingerprint density at radius 2 is 1.80 bits per heavy atom. The fourth-order valence-corrected chi connectivity index (χ4v) is 5.08. The van der Waals surface area contributed by atoms with E-state index in [2.05, 4.69) is 22.8 Å². The summed E-state index contributed by atoms with van der Waals surface area (Å²) in [5, 5.41) is 6.36. The van der Waals surface area contributed by atoms with Crippen molar-refractivity contribution in [2.45, 2.75) is 51.1 Å². The second-order valence-corrected chi connectivity index (χ2v) is 8.22. The van der Waals surface area contributed by atoms with E-state index in [0.717, 1.165) is 41.7 Å². The molecule has 0 saturated carbocycles. The normalized spacial score (nSPS) is 22.7. The van der Waals surface area contributed by atoms with Crippen molar-refractivity contribution in [2.75, 3.05) is 13.1 Å². The molecule has 156 valence electrons. The molecule has 3 aliphatic heterocycles. The van der Waals surface area contributed by atoms with Crippen LogP contribution in [0.15, 0.2) is 18.2 Å². The van der Waals surface area contributed by atoms with E-state index in [9.17, 15) is 19.2 Å². The summed E-state index contributed by atoms with van der Waals surface area (Å²) in [6.45, 7) is 4.48. The number of piperidine rings is 2. The van der Waals surface area contributed by atoms with E-state index in [4.69, 9.17) is 0 Å². The molecule has 0 bridgehead atoms. The van der Waals surface area contributed by atoms with Gasteiger partial charge in [0.2, 0.25) is 11.8 Å². The molecular weight excluding hydrogens is 384 g/mol. The largest absolute Gasteiger partial charge is 0.336 e. The lowest BCUT2D eigenvalue weighted by Gasteiger charge is -2.28. The van der Waals surface area contributed by atoms with Gasteiger partial charge < -0.3 is 9.88 Å². The van der Waals surface area contributed by atoms with Crippen molar-refractivity contribution in [1.82, 2.24) is 20.1 Å². The van der Waals surface area contributed by atoms with Crippen molar-refractivity contribution in [3.63, 3.8) is 0 Å². The van der Waals surface area contributed by atoms with Gasteiger partial charge in [-0.2, -0.15) is 0 Å². The zero-order valence-electron chi connectivity index (χ0n) is 16.9. The molecule has 0 radical (unpaired) electrons. The van der Waals surface area contributed by atoms with Crippen molar-refractivity contribution in [3.05, 3.63) is 35.0 Å². The van der Waals surface area contributed by atoms with E-state index in [1.807, 2.05) is 17.6 Å². The van der Waals surface area contributed by atoms with Gasteiger partial charge in [0, 0.05) is 23.9 Å². The first-order valence-corrected chi connectivity index (χ1v) is 10.6. The Morgan fingerprint density at radius 1 is 1.03 bits per heavy atom. The van der Waals surface area contributed by atoms with Crippen LogP contribution in [0.5, 0.6) is 0 Å². The molecule has 2 saturated heterocycles. The SMILES string of the molecule is CCn1c2c(c3ccc(C4CCNCC4)cc31)C(=O)N(C1CCC(=O)NC1=O)C2=O. The van der Waals surface area contributed by atoms with Crippen LogP contribution in [0.1, 0.15) is 64.9 Å². The fourth-order valence-electron chi connectivity index (χ4n) is 5.08. The van der Waals surface area contributed by atoms with Crippen molar-refractivity contribution in [2.24, 2.45) is 0 Å². The number of nitrogens with zero attached hydrogens (tertiary/aromatic N) is 2. The Hall–Kier alpha value is -3.00. The van der Waals surface area contributed by atoms with Crippen LogP contribution in [0.2, 0.25) is 0 Å². The molecule has 1 atom stereocenters. The van der Waals surface area contributed by atoms with Gasteiger partial charge in [0.25, 0.3) is 11.8 Å². The summed E-state index contributed by atoms with van der Waals surface area (Å²) in [6.07, 6.45) is 2.42. The molecule has 8 heteroatoms. The monoisotopic (exact) mass is 408 g/mol. The van der Waals surface area contributed by atoms with Crippen LogP contribution >= 0.6 is 0 Å². The molecule has 1 unspecified atom stereocenters. The first-order valence-electron chi connectivity index (χ1n) is 10.6. The number of nitrogens with one attached hydrogen (secondary N) is 2. The van der Waals surface area contributed by atoms with Gasteiger partial charge in [-0.05, 0) is 56.8 Å². The highest BCUT2D eigenvalue weighted by Crippen LogP contribution is 2.37. The minimum Gasteiger partial charge on any atom is -0.336 e. The molecule has 5 rings (SSSR count). The number of rotatable bonds is 3. The second-order valence-electron chi connectivity index (χ2n) is 8.22. The Morgan fingerprint density at radius 3 is 2.50 bits per heavy atom. The zero-order valence-corrected chi connectivity index (χ0v) is 16.9. The molecule has 4 amide bonds. The zero-order chi connectivity index (χ0) is 21.0. The Balaban J connectivity index is 1.57. The highest BCUT2D eigenvalue weighted by Gasteiger charge is 2.47. The highest BCUT2D eigenvalue weighted by atomic mass is 16.2. The molecule has 8 nitrogen and oxygen atoms in total. The maximum absolute atomic E-state index is 13.3. The second kappa shape index (κ2) is 7.05. The van der Waals surface area contributed by atoms with Crippen LogP contribution in [-0.2, 0) is 16.1 Å². The van der Waals surface area contributed by atoms with E-state index < -0.39 is 23.8 Å². The van der Waals surface area contributed by atoms with E-state index in [1.165, 1.54) is 5.56 Å². The third-order valence-corrected chi connectivity index (χ3v) is 6.59. The molecule has 0 aliphatic carbocycles. The number of carbonyl (C=O) groups excluding carboxylic acids is 4. The van der Waals surface area contributed by atoms with Gasteiger partial charge in [0.1, 0.15) is 11.7 Å². The Labute approximate surface area is 173 Å². The topological polar surface area (TPSA) is 101 Å². The summed E-state index contributed by atoms with van der Waals surface area (Å²) in [5.41, 5.74) is 2.85. The molecule has 2 N–H and O–H groups in total. The van der Waals surface area contributed by atoms with E-state index in [-0.39, 0.29) is 18.7 Å². The van der Waals surface area contributed by atoms with Crippen LogP contribution in [0.3, 0.4) is 0 Å². The molecule has 2 fully saturated rings. The summed E-state index contributed by atoms with van der Waals surface area (Å²) >= 11 is 0. The molecule has 3 aliphatic rings. The lowest BCUT2D eigenvalue weighted by Crippen LogP contribution is -2.54. The molecule has 1 aromatic carbocycles. The van der Waals surface area contributed by atoms with E-state index in [0.29, 0.717) is 23.7 Å². The van der Waals surface area contributed by atoms with Crippen LogP contribution in [0, 0.1) is 0 Å². The number of imide groups is 2. The average molecular weight is 408 g/mol. The summed E-state index contributed by atoms with van der Waals surface area (Å²) in [6, 6.07) is 5.18. The predicted octanol–water partition coefficient (Wildman–Crippen LogP) is 1.53. The molecule has 2 aromatic rings. The molecule has 4 heterocycles. The number of hydrogen-bond donors (Lipinski definition) is 2. The van der Waals surface area contributed by atoms with Crippen molar-refractivity contribution < 1.29 is 19.2 Å². The van der Waals surface area contributed by atoms with Gasteiger partial charge in [-0.15, -0.1) is 0 Å². The summed E-state index contributed by atoms with van der Waals surface area (Å²) in [5.74, 6) is -1.39. The lowest BCUT2D eigenvalue weighted by molar-refractivity contribution is -0.136. The maximum Gasteiger partial charge on any atom is 0.278 e. The fraction of sp³-hybridized carbons (Fsp3) is 0.455. The van der Waals surface area contributed by atoms with Gasteiger partial charge >= 0.3 is 0 Å². The number of fused-ring (bicyclic) bond motifs is 3. The van der Waals surface area contributed by atoms with Crippen LogP contribution in [0.4, 0.5) is 0 Å². The smallest absolute Gasteiger partial charge is 0.278 e. The third kappa shape index (κ3) is 2.70. The van der Waals surface area contributed by atoms with Gasteiger partial charge in [-0.25, -0.2) is 0 Å². The lowest BCUT2D eigenvalue weighted by atomic mass is 9.89. The van der Waals surface area contributed by atoms with Gasteiger partial charge in [0.05, 0.1) is 5.56 Å². The number of amides is 4. The third-order valence-electron chi connectivity index (χ3n) is 6.59. The van der Waals surface area contributed by atoms with Gasteiger partial charge in [-0.1, -0.05) is 12.1 Å². The van der Waals surface area contributed by atoms with Crippen molar-refractivity contribution in [1.29, 1.82) is 0 Å². The van der Waals surface area contributed by atoms with E-state index in [1.54, 1.807) is 0 Å². The molecular formula is C22H24N4O4. The van der Waals surface area contributed by atoms with Crippen LogP contribution < -0.4 is 10.6 Å². The number of carbonyl (C=O) groups is 4. The maximum atomic E-state index is 13.3. The number of aryl methyl sites for hydroxylation is 1. The summed E-state index contributed by atoms with van der Waals surface area (Å²) in [4.78, 5) is 51.4.